The van der Waals surface area contributed by atoms with Crippen molar-refractivity contribution in [2.24, 2.45) is 5.92 Å². The molecule has 1 aliphatic heterocycles. The maximum atomic E-state index is 3.57. The first-order chi connectivity index (χ1) is 5.84. The molecule has 1 aliphatic rings. The lowest BCUT2D eigenvalue weighted by Gasteiger charge is -2.22. The van der Waals surface area contributed by atoms with E-state index in [0.717, 1.165) is 18.5 Å². The molecule has 70 valence electrons. The van der Waals surface area contributed by atoms with Gasteiger partial charge < -0.3 is 5.32 Å². The van der Waals surface area contributed by atoms with Gasteiger partial charge in [-0.05, 0) is 31.6 Å². The first kappa shape index (κ1) is 9.79. The van der Waals surface area contributed by atoms with Gasteiger partial charge >= 0.3 is 0 Å². The van der Waals surface area contributed by atoms with Crippen molar-refractivity contribution in [3.05, 3.63) is 12.2 Å². The highest BCUT2D eigenvalue weighted by molar-refractivity contribution is 4.88. The lowest BCUT2D eigenvalue weighted by atomic mass is 9.94. The van der Waals surface area contributed by atoms with E-state index in [1.807, 2.05) is 0 Å². The van der Waals surface area contributed by atoms with E-state index in [4.69, 9.17) is 0 Å². The molecule has 1 nitrogen and oxygen atoms in total. The van der Waals surface area contributed by atoms with Crippen LogP contribution in [-0.4, -0.2) is 12.6 Å². The molecule has 0 radical (unpaired) electrons. The lowest BCUT2D eigenvalue weighted by Crippen LogP contribution is -2.34. The van der Waals surface area contributed by atoms with Crippen LogP contribution in [0.5, 0.6) is 0 Å². The molecule has 1 rings (SSSR count). The molecule has 0 amide bonds. The third-order valence-corrected chi connectivity index (χ3v) is 2.82. The first-order valence-electron chi connectivity index (χ1n) is 5.23. The molecule has 2 unspecified atom stereocenters. The molecule has 1 heteroatoms. The molecular formula is C11H21N. The number of hydrogen-bond donors (Lipinski definition) is 1. The zero-order chi connectivity index (χ0) is 8.81. The zero-order valence-electron chi connectivity index (χ0n) is 8.34. The molecular weight excluding hydrogens is 146 g/mol. The van der Waals surface area contributed by atoms with Crippen molar-refractivity contribution in [3.63, 3.8) is 0 Å². The van der Waals surface area contributed by atoms with E-state index in [1.54, 1.807) is 0 Å². The van der Waals surface area contributed by atoms with Crippen molar-refractivity contribution < 1.29 is 0 Å². The summed E-state index contributed by atoms with van der Waals surface area (Å²) in [4.78, 5) is 0. The van der Waals surface area contributed by atoms with Gasteiger partial charge in [-0.25, -0.2) is 0 Å². The molecule has 0 aliphatic carbocycles. The molecule has 0 fully saturated rings. The Kier molecular flexibility index (Phi) is 4.37. The molecule has 12 heavy (non-hydrogen) atoms. The number of rotatable bonds is 1. The Balaban J connectivity index is 2.42. The van der Waals surface area contributed by atoms with Gasteiger partial charge in [-0.2, -0.15) is 0 Å². The summed E-state index contributed by atoms with van der Waals surface area (Å²) in [5.74, 6) is 0.842. The van der Waals surface area contributed by atoms with Gasteiger partial charge in [0.1, 0.15) is 0 Å². The van der Waals surface area contributed by atoms with Crippen LogP contribution in [0.3, 0.4) is 0 Å². The molecule has 0 aromatic heterocycles. The van der Waals surface area contributed by atoms with Crippen molar-refractivity contribution in [2.45, 2.75) is 45.6 Å². The number of hydrogen-bond acceptors (Lipinski definition) is 1. The average Bonchev–Trinajstić information content (AvgIpc) is 2.17. The summed E-state index contributed by atoms with van der Waals surface area (Å²) in [6, 6.07) is 0.729. The minimum absolute atomic E-state index is 0.729. The van der Waals surface area contributed by atoms with Crippen LogP contribution in [0.25, 0.3) is 0 Å². The number of nitrogens with one attached hydrogen (secondary N) is 1. The van der Waals surface area contributed by atoms with E-state index in [0.29, 0.717) is 0 Å². The van der Waals surface area contributed by atoms with E-state index >= 15 is 0 Å². The molecule has 0 bridgehead atoms. The second kappa shape index (κ2) is 5.36. The van der Waals surface area contributed by atoms with Crippen LogP contribution in [0, 0.1) is 5.92 Å². The normalized spacial score (nSPS) is 32.2. The van der Waals surface area contributed by atoms with Crippen molar-refractivity contribution in [2.75, 3.05) is 6.54 Å². The summed E-state index contributed by atoms with van der Waals surface area (Å²) >= 11 is 0. The molecule has 0 spiro atoms. The fourth-order valence-electron chi connectivity index (χ4n) is 1.93. The van der Waals surface area contributed by atoms with Crippen LogP contribution < -0.4 is 5.32 Å². The third-order valence-electron chi connectivity index (χ3n) is 2.82. The van der Waals surface area contributed by atoms with Gasteiger partial charge in [0.2, 0.25) is 0 Å². The lowest BCUT2D eigenvalue weighted by molar-refractivity contribution is 0.355. The summed E-state index contributed by atoms with van der Waals surface area (Å²) in [5, 5.41) is 3.57. The Morgan fingerprint density at radius 2 is 2.25 bits per heavy atom. The van der Waals surface area contributed by atoms with Crippen LogP contribution >= 0.6 is 0 Å². The minimum atomic E-state index is 0.729. The Bertz CT molecular complexity index is 140. The average molecular weight is 167 g/mol. The van der Waals surface area contributed by atoms with Crippen LogP contribution in [0.4, 0.5) is 0 Å². The van der Waals surface area contributed by atoms with E-state index in [-0.39, 0.29) is 0 Å². The SMILES string of the molecule is CCC1NCC=CCCCC1C. The van der Waals surface area contributed by atoms with Crippen LogP contribution in [-0.2, 0) is 0 Å². The topological polar surface area (TPSA) is 12.0 Å². The van der Waals surface area contributed by atoms with E-state index in [9.17, 15) is 0 Å². The highest BCUT2D eigenvalue weighted by Gasteiger charge is 2.13. The third kappa shape index (κ3) is 2.98. The maximum Gasteiger partial charge on any atom is 0.0137 e. The van der Waals surface area contributed by atoms with Crippen molar-refractivity contribution in [1.29, 1.82) is 0 Å². The summed E-state index contributed by atoms with van der Waals surface area (Å²) in [6.07, 6.45) is 9.82. The predicted molar refractivity (Wildman–Crippen MR) is 54.2 cm³/mol. The summed E-state index contributed by atoms with van der Waals surface area (Å²) < 4.78 is 0. The van der Waals surface area contributed by atoms with Crippen LogP contribution in [0.15, 0.2) is 12.2 Å². The first-order valence-corrected chi connectivity index (χ1v) is 5.23. The fourth-order valence-corrected chi connectivity index (χ4v) is 1.93. The summed E-state index contributed by atoms with van der Waals surface area (Å²) in [7, 11) is 0. The Hall–Kier alpha value is -0.300. The van der Waals surface area contributed by atoms with Gasteiger partial charge in [0, 0.05) is 12.6 Å². The highest BCUT2D eigenvalue weighted by atomic mass is 14.9. The maximum absolute atomic E-state index is 3.57. The van der Waals surface area contributed by atoms with E-state index < -0.39 is 0 Å². The predicted octanol–water partition coefficient (Wildman–Crippen LogP) is 2.73. The standard InChI is InChI=1S/C11H21N/c1-3-11-10(2)8-6-4-5-7-9-12-11/h5,7,10-12H,3-4,6,8-9H2,1-2H3. The Morgan fingerprint density at radius 1 is 1.42 bits per heavy atom. The monoisotopic (exact) mass is 167 g/mol. The Labute approximate surface area is 76.2 Å². The minimum Gasteiger partial charge on any atom is -0.310 e. The highest BCUT2D eigenvalue weighted by Crippen LogP contribution is 2.16. The molecule has 1 N–H and O–H groups in total. The zero-order valence-corrected chi connectivity index (χ0v) is 8.34. The van der Waals surface area contributed by atoms with Crippen LogP contribution in [0.1, 0.15) is 39.5 Å². The van der Waals surface area contributed by atoms with Crippen molar-refractivity contribution in [3.8, 4) is 0 Å². The quantitative estimate of drug-likeness (QED) is 0.592. The largest absolute Gasteiger partial charge is 0.310 e. The van der Waals surface area contributed by atoms with E-state index in [2.05, 4.69) is 31.3 Å². The summed E-state index contributed by atoms with van der Waals surface area (Å²) in [5.41, 5.74) is 0. The van der Waals surface area contributed by atoms with Gasteiger partial charge in [-0.3, -0.25) is 0 Å². The second-order valence-corrected chi connectivity index (χ2v) is 3.80. The fraction of sp³-hybridized carbons (Fsp3) is 0.818. The molecule has 2 atom stereocenters. The van der Waals surface area contributed by atoms with Gasteiger partial charge in [-0.1, -0.05) is 26.0 Å². The molecule has 1 heterocycles. The smallest absolute Gasteiger partial charge is 0.0137 e. The van der Waals surface area contributed by atoms with Gasteiger partial charge in [0.25, 0.3) is 0 Å². The van der Waals surface area contributed by atoms with Crippen molar-refractivity contribution >= 4 is 0 Å². The van der Waals surface area contributed by atoms with E-state index in [1.165, 1.54) is 25.7 Å². The summed E-state index contributed by atoms with van der Waals surface area (Å²) in [6.45, 7) is 5.70. The van der Waals surface area contributed by atoms with Gasteiger partial charge in [0.05, 0.1) is 0 Å². The van der Waals surface area contributed by atoms with Crippen molar-refractivity contribution in [1.82, 2.24) is 5.32 Å². The number of allylic oxidation sites excluding steroid dienone is 1. The molecule has 0 aromatic carbocycles. The van der Waals surface area contributed by atoms with Crippen LogP contribution in [0.2, 0.25) is 0 Å². The van der Waals surface area contributed by atoms with Gasteiger partial charge in [-0.15, -0.1) is 0 Å². The molecule has 0 saturated heterocycles. The Morgan fingerprint density at radius 3 is 3.00 bits per heavy atom. The second-order valence-electron chi connectivity index (χ2n) is 3.80. The molecule has 0 saturated carbocycles. The van der Waals surface area contributed by atoms with Gasteiger partial charge in [0.15, 0.2) is 0 Å². The molecule has 0 aromatic rings.